The maximum Gasteiger partial charge on any atom is 0.335 e. The van der Waals surface area contributed by atoms with Crippen LogP contribution in [0.15, 0.2) is 18.2 Å². The summed E-state index contributed by atoms with van der Waals surface area (Å²) in [5, 5.41) is 11.8. The van der Waals surface area contributed by atoms with E-state index in [9.17, 15) is 9.59 Å². The highest BCUT2D eigenvalue weighted by molar-refractivity contribution is 6.34. The Hall–Kier alpha value is -1.75. The molecule has 0 saturated heterocycles. The molecule has 0 bridgehead atoms. The molecule has 0 unspecified atom stereocenters. The van der Waals surface area contributed by atoms with Gasteiger partial charge in [0.1, 0.15) is 0 Å². The normalized spacial score (nSPS) is 10.2. The number of carboxylic acid groups (broad SMARTS) is 1. The molecule has 0 aliphatic heterocycles. The molecular formula is C14H19ClN2O3. The second kappa shape index (κ2) is 7.75. The number of hydrogen-bond acceptors (Lipinski definition) is 2. The molecule has 20 heavy (non-hydrogen) atoms. The van der Waals surface area contributed by atoms with Gasteiger partial charge in [0.15, 0.2) is 0 Å². The van der Waals surface area contributed by atoms with Crippen LogP contribution >= 0.6 is 11.6 Å². The third-order valence-corrected chi connectivity index (χ3v) is 3.04. The van der Waals surface area contributed by atoms with Gasteiger partial charge in [-0.25, -0.2) is 9.59 Å². The van der Waals surface area contributed by atoms with Crippen molar-refractivity contribution in [1.29, 1.82) is 0 Å². The molecule has 2 amide bonds. The van der Waals surface area contributed by atoms with Crippen molar-refractivity contribution in [2.75, 3.05) is 18.4 Å². The van der Waals surface area contributed by atoms with Crippen LogP contribution in [0.5, 0.6) is 0 Å². The predicted molar refractivity (Wildman–Crippen MR) is 79.6 cm³/mol. The third-order valence-electron chi connectivity index (χ3n) is 2.73. The lowest BCUT2D eigenvalue weighted by Gasteiger charge is -2.22. The first-order valence-electron chi connectivity index (χ1n) is 6.58. The van der Waals surface area contributed by atoms with Crippen molar-refractivity contribution < 1.29 is 14.7 Å². The second-order valence-electron chi connectivity index (χ2n) is 4.42. The fourth-order valence-corrected chi connectivity index (χ4v) is 2.03. The Labute approximate surface area is 123 Å². The van der Waals surface area contributed by atoms with Gasteiger partial charge in [-0.15, -0.1) is 0 Å². The first-order valence-corrected chi connectivity index (χ1v) is 6.96. The van der Waals surface area contributed by atoms with Crippen LogP contribution in [0.4, 0.5) is 10.5 Å². The van der Waals surface area contributed by atoms with Crippen LogP contribution in [-0.4, -0.2) is 35.1 Å². The molecule has 1 rings (SSSR count). The molecule has 2 N–H and O–H groups in total. The highest BCUT2D eigenvalue weighted by Gasteiger charge is 2.14. The fourth-order valence-electron chi connectivity index (χ4n) is 1.80. The van der Waals surface area contributed by atoms with E-state index in [-0.39, 0.29) is 16.6 Å². The number of rotatable bonds is 6. The summed E-state index contributed by atoms with van der Waals surface area (Å²) in [6, 6.07) is 4.01. The van der Waals surface area contributed by atoms with E-state index in [1.807, 2.05) is 13.8 Å². The minimum Gasteiger partial charge on any atom is -0.478 e. The fraction of sp³-hybridized carbons (Fsp3) is 0.429. The lowest BCUT2D eigenvalue weighted by molar-refractivity contribution is 0.0697. The van der Waals surface area contributed by atoms with E-state index in [4.69, 9.17) is 16.7 Å². The van der Waals surface area contributed by atoms with Crippen LogP contribution < -0.4 is 5.32 Å². The van der Waals surface area contributed by atoms with Crippen LogP contribution in [0.25, 0.3) is 0 Å². The van der Waals surface area contributed by atoms with Gasteiger partial charge in [-0.2, -0.15) is 0 Å². The molecule has 1 aromatic rings. The number of carbonyl (C=O) groups excluding carboxylic acids is 1. The summed E-state index contributed by atoms with van der Waals surface area (Å²) in [5.74, 6) is -1.05. The van der Waals surface area contributed by atoms with Crippen LogP contribution in [0, 0.1) is 0 Å². The lowest BCUT2D eigenvalue weighted by Crippen LogP contribution is -2.36. The Morgan fingerprint density at radius 3 is 2.30 bits per heavy atom. The van der Waals surface area contributed by atoms with Crippen LogP contribution in [0.2, 0.25) is 5.02 Å². The van der Waals surface area contributed by atoms with Crippen molar-refractivity contribution in [2.24, 2.45) is 0 Å². The van der Waals surface area contributed by atoms with Crippen molar-refractivity contribution in [3.8, 4) is 0 Å². The number of aromatic carboxylic acids is 1. The van der Waals surface area contributed by atoms with Gasteiger partial charge in [0.25, 0.3) is 0 Å². The molecule has 0 atom stereocenters. The number of carbonyl (C=O) groups is 2. The second-order valence-corrected chi connectivity index (χ2v) is 4.82. The van der Waals surface area contributed by atoms with Crippen molar-refractivity contribution in [2.45, 2.75) is 26.7 Å². The number of nitrogens with one attached hydrogen (secondary N) is 1. The summed E-state index contributed by atoms with van der Waals surface area (Å²) < 4.78 is 0. The predicted octanol–water partition coefficient (Wildman–Crippen LogP) is 3.69. The Morgan fingerprint density at radius 2 is 1.85 bits per heavy atom. The largest absolute Gasteiger partial charge is 0.478 e. The molecule has 5 nitrogen and oxygen atoms in total. The molecular weight excluding hydrogens is 280 g/mol. The molecule has 0 fully saturated rings. The van der Waals surface area contributed by atoms with Crippen molar-refractivity contribution >= 4 is 29.3 Å². The molecule has 0 saturated carbocycles. The molecule has 110 valence electrons. The lowest BCUT2D eigenvalue weighted by atomic mass is 10.2. The summed E-state index contributed by atoms with van der Waals surface area (Å²) in [4.78, 5) is 24.6. The minimum atomic E-state index is -1.05. The number of benzene rings is 1. The average molecular weight is 299 g/mol. The Kier molecular flexibility index (Phi) is 6.31. The number of nitrogens with zero attached hydrogens (tertiary/aromatic N) is 1. The first kappa shape index (κ1) is 16.3. The van der Waals surface area contributed by atoms with Gasteiger partial charge in [-0.05, 0) is 31.0 Å². The van der Waals surface area contributed by atoms with E-state index in [1.54, 1.807) is 4.90 Å². The highest BCUT2D eigenvalue weighted by Crippen LogP contribution is 2.23. The Balaban J connectivity index is 2.81. The maximum absolute atomic E-state index is 12.1. The van der Waals surface area contributed by atoms with Gasteiger partial charge in [0.05, 0.1) is 16.3 Å². The van der Waals surface area contributed by atoms with Gasteiger partial charge in [-0.1, -0.05) is 25.4 Å². The van der Waals surface area contributed by atoms with Gasteiger partial charge >= 0.3 is 12.0 Å². The SMILES string of the molecule is CCCN(CCC)C(=O)Nc1ccc(C(=O)O)cc1Cl. The van der Waals surface area contributed by atoms with Gasteiger partial charge in [0.2, 0.25) is 0 Å². The first-order chi connectivity index (χ1) is 9.49. The maximum atomic E-state index is 12.1. The summed E-state index contributed by atoms with van der Waals surface area (Å²) in [7, 11) is 0. The molecule has 0 aliphatic rings. The van der Waals surface area contributed by atoms with Crippen LogP contribution in [0.1, 0.15) is 37.0 Å². The van der Waals surface area contributed by atoms with E-state index in [1.165, 1.54) is 18.2 Å². The van der Waals surface area contributed by atoms with Crippen molar-refractivity contribution in [3.05, 3.63) is 28.8 Å². The van der Waals surface area contributed by atoms with E-state index in [0.717, 1.165) is 12.8 Å². The zero-order chi connectivity index (χ0) is 15.1. The minimum absolute atomic E-state index is 0.0898. The van der Waals surface area contributed by atoms with Crippen LogP contribution in [-0.2, 0) is 0 Å². The number of anilines is 1. The average Bonchev–Trinajstić information content (AvgIpc) is 2.40. The number of halogens is 1. The van der Waals surface area contributed by atoms with Gasteiger partial charge in [0, 0.05) is 13.1 Å². The molecule has 0 aromatic heterocycles. The Morgan fingerprint density at radius 1 is 1.25 bits per heavy atom. The zero-order valence-electron chi connectivity index (χ0n) is 11.6. The smallest absolute Gasteiger partial charge is 0.335 e. The van der Waals surface area contributed by atoms with E-state index < -0.39 is 5.97 Å². The quantitative estimate of drug-likeness (QED) is 0.841. The number of hydrogen-bond donors (Lipinski definition) is 2. The van der Waals surface area contributed by atoms with Gasteiger partial charge in [-0.3, -0.25) is 0 Å². The topological polar surface area (TPSA) is 69.6 Å². The molecule has 6 heteroatoms. The third kappa shape index (κ3) is 4.42. The number of urea groups is 1. The van der Waals surface area contributed by atoms with Crippen molar-refractivity contribution in [3.63, 3.8) is 0 Å². The standard InChI is InChI=1S/C14H19ClN2O3/c1-3-7-17(8-4-2)14(20)16-12-6-5-10(13(18)19)9-11(12)15/h5-6,9H,3-4,7-8H2,1-2H3,(H,16,20)(H,18,19). The monoisotopic (exact) mass is 298 g/mol. The van der Waals surface area contributed by atoms with Gasteiger partial charge < -0.3 is 15.3 Å². The molecule has 0 heterocycles. The van der Waals surface area contributed by atoms with E-state index in [0.29, 0.717) is 18.8 Å². The molecule has 0 radical (unpaired) electrons. The summed E-state index contributed by atoms with van der Waals surface area (Å²) in [6.07, 6.45) is 1.75. The number of amides is 2. The Bertz CT molecular complexity index is 485. The zero-order valence-corrected chi connectivity index (χ0v) is 12.4. The van der Waals surface area contributed by atoms with Crippen molar-refractivity contribution in [1.82, 2.24) is 4.90 Å². The molecule has 0 aliphatic carbocycles. The summed E-state index contributed by atoms with van der Waals surface area (Å²) in [5.41, 5.74) is 0.505. The van der Waals surface area contributed by atoms with E-state index in [2.05, 4.69) is 5.32 Å². The van der Waals surface area contributed by atoms with E-state index >= 15 is 0 Å². The highest BCUT2D eigenvalue weighted by atomic mass is 35.5. The molecule has 0 spiro atoms. The molecule has 1 aromatic carbocycles. The summed E-state index contributed by atoms with van der Waals surface area (Å²) in [6.45, 7) is 5.35. The van der Waals surface area contributed by atoms with Crippen LogP contribution in [0.3, 0.4) is 0 Å². The number of carboxylic acids is 1. The summed E-state index contributed by atoms with van der Waals surface area (Å²) >= 11 is 5.98.